The standard InChI is InChI=1S/C14H13Cl2NO2S/c1-9(14(18)17-8-11-3-2-6-20-11)19-13-5-4-10(15)7-12(13)16/h2-7,9H,8H2,1H3,(H,17,18)/t9-/m0/s1. The van der Waals surface area contributed by atoms with E-state index in [4.69, 9.17) is 27.9 Å². The van der Waals surface area contributed by atoms with Crippen molar-refractivity contribution in [1.29, 1.82) is 0 Å². The van der Waals surface area contributed by atoms with Crippen LogP contribution in [0.5, 0.6) is 5.75 Å². The molecule has 6 heteroatoms. The van der Waals surface area contributed by atoms with E-state index in [0.717, 1.165) is 4.88 Å². The second-order valence-electron chi connectivity index (χ2n) is 4.13. The first kappa shape index (κ1) is 15.2. The first-order valence-electron chi connectivity index (χ1n) is 5.98. The van der Waals surface area contributed by atoms with Crippen LogP contribution in [0.2, 0.25) is 10.0 Å². The number of amides is 1. The number of hydrogen-bond donors (Lipinski definition) is 1. The summed E-state index contributed by atoms with van der Waals surface area (Å²) in [5.74, 6) is 0.249. The number of nitrogens with one attached hydrogen (secondary N) is 1. The molecule has 1 N–H and O–H groups in total. The van der Waals surface area contributed by atoms with Crippen LogP contribution in [0.25, 0.3) is 0 Å². The largest absolute Gasteiger partial charge is 0.479 e. The summed E-state index contributed by atoms with van der Waals surface area (Å²) in [5, 5.41) is 5.69. The second kappa shape index (κ2) is 6.97. The zero-order valence-corrected chi connectivity index (χ0v) is 13.1. The van der Waals surface area contributed by atoms with Crippen LogP contribution in [0.15, 0.2) is 35.7 Å². The fourth-order valence-electron chi connectivity index (χ4n) is 1.55. The number of halogens is 2. The van der Waals surface area contributed by atoms with Gasteiger partial charge in [-0.3, -0.25) is 4.79 Å². The molecule has 0 bridgehead atoms. The Hall–Kier alpha value is -1.23. The number of rotatable bonds is 5. The maximum atomic E-state index is 11.9. The fraction of sp³-hybridized carbons (Fsp3) is 0.214. The smallest absolute Gasteiger partial charge is 0.261 e. The number of carbonyl (C=O) groups excluding carboxylic acids is 1. The second-order valence-corrected chi connectivity index (χ2v) is 6.01. The summed E-state index contributed by atoms with van der Waals surface area (Å²) in [6, 6.07) is 8.80. The van der Waals surface area contributed by atoms with E-state index in [1.807, 2.05) is 17.5 Å². The maximum absolute atomic E-state index is 11.9. The number of thiophene rings is 1. The Labute approximate surface area is 131 Å². The Bertz CT molecular complexity index is 587. The van der Waals surface area contributed by atoms with Gasteiger partial charge < -0.3 is 10.1 Å². The van der Waals surface area contributed by atoms with Crippen molar-refractivity contribution in [1.82, 2.24) is 5.32 Å². The van der Waals surface area contributed by atoms with Crippen LogP contribution in [0.3, 0.4) is 0 Å². The quantitative estimate of drug-likeness (QED) is 0.895. The summed E-state index contributed by atoms with van der Waals surface area (Å²) < 4.78 is 5.53. The molecule has 0 unspecified atom stereocenters. The molecule has 1 amide bonds. The summed E-state index contributed by atoms with van der Waals surface area (Å²) in [5.41, 5.74) is 0. The zero-order chi connectivity index (χ0) is 14.5. The third-order valence-electron chi connectivity index (χ3n) is 2.58. The molecule has 3 nitrogen and oxygen atoms in total. The van der Waals surface area contributed by atoms with Gasteiger partial charge in [0, 0.05) is 9.90 Å². The molecular weight excluding hydrogens is 317 g/mol. The molecule has 0 aliphatic rings. The lowest BCUT2D eigenvalue weighted by Gasteiger charge is -2.15. The van der Waals surface area contributed by atoms with Gasteiger partial charge in [-0.2, -0.15) is 0 Å². The third kappa shape index (κ3) is 4.13. The van der Waals surface area contributed by atoms with Crippen LogP contribution < -0.4 is 10.1 Å². The summed E-state index contributed by atoms with van der Waals surface area (Å²) in [7, 11) is 0. The van der Waals surface area contributed by atoms with E-state index in [0.29, 0.717) is 22.3 Å². The highest BCUT2D eigenvalue weighted by molar-refractivity contribution is 7.09. The van der Waals surface area contributed by atoms with E-state index in [9.17, 15) is 4.79 Å². The minimum absolute atomic E-state index is 0.190. The highest BCUT2D eigenvalue weighted by atomic mass is 35.5. The number of carbonyl (C=O) groups is 1. The van der Waals surface area contributed by atoms with Gasteiger partial charge >= 0.3 is 0 Å². The predicted molar refractivity (Wildman–Crippen MR) is 82.7 cm³/mol. The maximum Gasteiger partial charge on any atom is 0.261 e. The minimum atomic E-state index is -0.631. The third-order valence-corrected chi connectivity index (χ3v) is 3.99. The van der Waals surface area contributed by atoms with Gasteiger partial charge in [-0.25, -0.2) is 0 Å². The van der Waals surface area contributed by atoms with Crippen molar-refractivity contribution in [3.63, 3.8) is 0 Å². The first-order valence-corrected chi connectivity index (χ1v) is 7.61. The van der Waals surface area contributed by atoms with Crippen LogP contribution in [-0.4, -0.2) is 12.0 Å². The highest BCUT2D eigenvalue weighted by Gasteiger charge is 2.16. The minimum Gasteiger partial charge on any atom is -0.479 e. The number of ether oxygens (including phenoxy) is 1. The summed E-state index contributed by atoms with van der Waals surface area (Å²) >= 11 is 13.4. The molecule has 0 saturated heterocycles. The number of benzene rings is 1. The molecule has 1 heterocycles. The molecule has 20 heavy (non-hydrogen) atoms. The van der Waals surface area contributed by atoms with Crippen molar-refractivity contribution in [2.45, 2.75) is 19.6 Å². The molecule has 0 saturated carbocycles. The van der Waals surface area contributed by atoms with Crippen molar-refractivity contribution in [3.05, 3.63) is 50.6 Å². The Kier molecular flexibility index (Phi) is 5.29. The van der Waals surface area contributed by atoms with Gasteiger partial charge in [0.05, 0.1) is 11.6 Å². The van der Waals surface area contributed by atoms with E-state index in [2.05, 4.69) is 5.32 Å². The Morgan fingerprint density at radius 2 is 2.20 bits per heavy atom. The Morgan fingerprint density at radius 3 is 2.85 bits per heavy atom. The molecule has 1 aromatic heterocycles. The fourth-order valence-corrected chi connectivity index (χ4v) is 2.64. The van der Waals surface area contributed by atoms with Gasteiger partial charge in [-0.1, -0.05) is 29.3 Å². The zero-order valence-electron chi connectivity index (χ0n) is 10.7. The monoisotopic (exact) mass is 329 g/mol. The van der Waals surface area contributed by atoms with E-state index in [1.165, 1.54) is 0 Å². The highest BCUT2D eigenvalue weighted by Crippen LogP contribution is 2.28. The lowest BCUT2D eigenvalue weighted by atomic mass is 10.3. The van der Waals surface area contributed by atoms with Gasteiger partial charge in [0.25, 0.3) is 5.91 Å². The molecule has 0 aliphatic heterocycles. The molecular formula is C14H13Cl2NO2S. The molecule has 1 aromatic carbocycles. The average molecular weight is 330 g/mol. The summed E-state index contributed by atoms with van der Waals surface area (Å²) in [6.45, 7) is 2.17. The molecule has 2 aromatic rings. The molecule has 0 spiro atoms. The Balaban J connectivity index is 1.90. The number of hydrogen-bond acceptors (Lipinski definition) is 3. The molecule has 0 fully saturated rings. The van der Waals surface area contributed by atoms with Crippen molar-refractivity contribution in [2.24, 2.45) is 0 Å². The van der Waals surface area contributed by atoms with Crippen LogP contribution in [0.1, 0.15) is 11.8 Å². The summed E-state index contributed by atoms with van der Waals surface area (Å²) in [6.07, 6.45) is -0.631. The predicted octanol–water partition coefficient (Wildman–Crippen LogP) is 4.14. The van der Waals surface area contributed by atoms with Gasteiger partial charge in [0.2, 0.25) is 0 Å². The molecule has 0 aliphatic carbocycles. The average Bonchev–Trinajstić information content (AvgIpc) is 2.92. The van der Waals surface area contributed by atoms with Crippen molar-refractivity contribution in [2.75, 3.05) is 0 Å². The molecule has 2 rings (SSSR count). The van der Waals surface area contributed by atoms with Gasteiger partial charge in [-0.15, -0.1) is 11.3 Å². The van der Waals surface area contributed by atoms with Crippen molar-refractivity contribution >= 4 is 40.4 Å². The van der Waals surface area contributed by atoms with Gasteiger partial charge in [0.15, 0.2) is 6.10 Å². The topological polar surface area (TPSA) is 38.3 Å². The van der Waals surface area contributed by atoms with E-state index >= 15 is 0 Å². The normalized spacial score (nSPS) is 11.9. The molecule has 0 radical (unpaired) electrons. The SMILES string of the molecule is C[C@H](Oc1ccc(Cl)cc1Cl)C(=O)NCc1cccs1. The van der Waals surface area contributed by atoms with Crippen LogP contribution in [0.4, 0.5) is 0 Å². The van der Waals surface area contributed by atoms with Gasteiger partial charge in [0.1, 0.15) is 5.75 Å². The molecule has 1 atom stereocenters. The molecule has 106 valence electrons. The van der Waals surface area contributed by atoms with E-state index < -0.39 is 6.10 Å². The van der Waals surface area contributed by atoms with Gasteiger partial charge in [-0.05, 0) is 36.6 Å². The van der Waals surface area contributed by atoms with Crippen molar-refractivity contribution in [3.8, 4) is 5.75 Å². The first-order chi connectivity index (χ1) is 9.56. The van der Waals surface area contributed by atoms with Crippen LogP contribution >= 0.6 is 34.5 Å². The van der Waals surface area contributed by atoms with Crippen molar-refractivity contribution < 1.29 is 9.53 Å². The summed E-state index contributed by atoms with van der Waals surface area (Å²) in [4.78, 5) is 13.0. The lowest BCUT2D eigenvalue weighted by Crippen LogP contribution is -2.35. The Morgan fingerprint density at radius 1 is 1.40 bits per heavy atom. The van der Waals surface area contributed by atoms with Crippen LogP contribution in [-0.2, 0) is 11.3 Å². The lowest BCUT2D eigenvalue weighted by molar-refractivity contribution is -0.127. The van der Waals surface area contributed by atoms with E-state index in [1.54, 1.807) is 36.5 Å². The van der Waals surface area contributed by atoms with E-state index in [-0.39, 0.29) is 5.91 Å². The van der Waals surface area contributed by atoms with Crippen LogP contribution in [0, 0.1) is 0 Å².